The zero-order valence-electron chi connectivity index (χ0n) is 18.2. The maximum absolute atomic E-state index is 12.6. The number of nitrogens with one attached hydrogen (secondary N) is 1. The molecule has 8 heteroatoms. The van der Waals surface area contributed by atoms with Crippen molar-refractivity contribution in [3.8, 4) is 11.5 Å². The summed E-state index contributed by atoms with van der Waals surface area (Å²) in [5.41, 5.74) is 1.47. The van der Waals surface area contributed by atoms with Crippen LogP contribution in [0.2, 0.25) is 0 Å². The molecule has 1 heterocycles. The Morgan fingerprint density at radius 1 is 1.03 bits per heavy atom. The van der Waals surface area contributed by atoms with Gasteiger partial charge in [-0.2, -0.15) is 0 Å². The molecule has 2 aromatic carbocycles. The van der Waals surface area contributed by atoms with Crippen LogP contribution in [-0.2, 0) is 6.42 Å². The SMILES string of the molecule is CCOc1ccc(C(=O)Nc2nnc(Cc3ccc(SC(C)C)cc3)o2)cc1OCC. The van der Waals surface area contributed by atoms with Crippen LogP contribution in [0.4, 0.5) is 6.01 Å². The van der Waals surface area contributed by atoms with Crippen molar-refractivity contribution in [3.63, 3.8) is 0 Å². The van der Waals surface area contributed by atoms with Gasteiger partial charge in [0.15, 0.2) is 11.5 Å². The molecule has 0 radical (unpaired) electrons. The van der Waals surface area contributed by atoms with Gasteiger partial charge in [-0.1, -0.05) is 31.1 Å². The number of carbonyl (C=O) groups excluding carboxylic acids is 1. The van der Waals surface area contributed by atoms with Crippen molar-refractivity contribution in [1.82, 2.24) is 10.2 Å². The molecule has 1 aromatic heterocycles. The average Bonchev–Trinajstić information content (AvgIpc) is 3.17. The van der Waals surface area contributed by atoms with Gasteiger partial charge in [-0.25, -0.2) is 0 Å². The first kappa shape index (κ1) is 22.7. The Hall–Kier alpha value is -3.00. The van der Waals surface area contributed by atoms with Gasteiger partial charge in [0.1, 0.15) is 0 Å². The van der Waals surface area contributed by atoms with Crippen molar-refractivity contribution in [2.45, 2.75) is 44.3 Å². The summed E-state index contributed by atoms with van der Waals surface area (Å²) in [7, 11) is 0. The monoisotopic (exact) mass is 441 g/mol. The minimum absolute atomic E-state index is 0.0545. The number of amides is 1. The van der Waals surface area contributed by atoms with Crippen LogP contribution in [0.3, 0.4) is 0 Å². The molecule has 0 saturated heterocycles. The zero-order valence-corrected chi connectivity index (χ0v) is 19.0. The highest BCUT2D eigenvalue weighted by Crippen LogP contribution is 2.29. The van der Waals surface area contributed by atoms with Gasteiger partial charge < -0.3 is 13.9 Å². The highest BCUT2D eigenvalue weighted by Gasteiger charge is 2.15. The number of nitrogens with zero attached hydrogens (tertiary/aromatic N) is 2. The van der Waals surface area contributed by atoms with Crippen LogP contribution in [0.15, 0.2) is 51.8 Å². The molecule has 0 unspecified atom stereocenters. The lowest BCUT2D eigenvalue weighted by atomic mass is 10.1. The maximum Gasteiger partial charge on any atom is 0.322 e. The van der Waals surface area contributed by atoms with E-state index in [0.29, 0.717) is 47.8 Å². The highest BCUT2D eigenvalue weighted by atomic mass is 32.2. The molecule has 0 fully saturated rings. The van der Waals surface area contributed by atoms with Crippen LogP contribution >= 0.6 is 11.8 Å². The van der Waals surface area contributed by atoms with E-state index in [-0.39, 0.29) is 11.9 Å². The summed E-state index contributed by atoms with van der Waals surface area (Å²) in [5, 5.41) is 11.1. The van der Waals surface area contributed by atoms with Gasteiger partial charge in [0.2, 0.25) is 5.89 Å². The lowest BCUT2D eigenvalue weighted by molar-refractivity contribution is 0.102. The first-order valence-corrected chi connectivity index (χ1v) is 11.2. The molecule has 3 rings (SSSR count). The van der Waals surface area contributed by atoms with E-state index in [0.717, 1.165) is 5.56 Å². The van der Waals surface area contributed by atoms with Crippen LogP contribution in [0, 0.1) is 0 Å². The van der Waals surface area contributed by atoms with E-state index < -0.39 is 0 Å². The first-order valence-electron chi connectivity index (χ1n) is 10.3. The van der Waals surface area contributed by atoms with Gasteiger partial charge in [0, 0.05) is 15.7 Å². The number of carbonyl (C=O) groups is 1. The van der Waals surface area contributed by atoms with Crippen molar-refractivity contribution in [2.75, 3.05) is 18.5 Å². The van der Waals surface area contributed by atoms with Crippen LogP contribution in [-0.4, -0.2) is 34.6 Å². The molecule has 1 N–H and O–H groups in total. The van der Waals surface area contributed by atoms with E-state index >= 15 is 0 Å². The number of hydrogen-bond donors (Lipinski definition) is 1. The number of rotatable bonds is 10. The Morgan fingerprint density at radius 2 is 1.74 bits per heavy atom. The molecule has 0 spiro atoms. The van der Waals surface area contributed by atoms with Crippen LogP contribution in [0.5, 0.6) is 11.5 Å². The molecule has 164 valence electrons. The summed E-state index contributed by atoms with van der Waals surface area (Å²) in [6, 6.07) is 13.3. The number of ether oxygens (including phenoxy) is 2. The molecular weight excluding hydrogens is 414 g/mol. The molecule has 0 aliphatic heterocycles. The fourth-order valence-electron chi connectivity index (χ4n) is 2.87. The Balaban J connectivity index is 1.64. The minimum Gasteiger partial charge on any atom is -0.490 e. The van der Waals surface area contributed by atoms with Gasteiger partial charge in [-0.15, -0.1) is 16.9 Å². The Labute approximate surface area is 186 Å². The average molecular weight is 442 g/mol. The Bertz CT molecular complexity index is 1000. The molecule has 0 aliphatic rings. The van der Waals surface area contributed by atoms with E-state index in [1.165, 1.54) is 4.90 Å². The molecule has 0 aliphatic carbocycles. The molecule has 3 aromatic rings. The molecule has 0 bridgehead atoms. The normalized spacial score (nSPS) is 10.9. The summed E-state index contributed by atoms with van der Waals surface area (Å²) < 4.78 is 16.7. The number of anilines is 1. The third-order valence-electron chi connectivity index (χ3n) is 4.14. The van der Waals surface area contributed by atoms with Gasteiger partial charge in [-0.05, 0) is 49.7 Å². The number of thioether (sulfide) groups is 1. The van der Waals surface area contributed by atoms with Gasteiger partial charge in [0.05, 0.1) is 19.6 Å². The summed E-state index contributed by atoms with van der Waals surface area (Å²) in [5.74, 6) is 1.18. The quantitative estimate of drug-likeness (QED) is 0.432. The Morgan fingerprint density at radius 3 is 2.42 bits per heavy atom. The summed E-state index contributed by atoms with van der Waals surface area (Å²) in [4.78, 5) is 13.8. The predicted molar refractivity (Wildman–Crippen MR) is 121 cm³/mol. The topological polar surface area (TPSA) is 86.5 Å². The van der Waals surface area contributed by atoms with E-state index in [1.54, 1.807) is 18.2 Å². The molecule has 0 saturated carbocycles. The second-order valence-electron chi connectivity index (χ2n) is 6.97. The lowest BCUT2D eigenvalue weighted by Gasteiger charge is -2.11. The second-order valence-corrected chi connectivity index (χ2v) is 8.62. The largest absolute Gasteiger partial charge is 0.490 e. The van der Waals surface area contributed by atoms with Gasteiger partial charge >= 0.3 is 6.01 Å². The van der Waals surface area contributed by atoms with Crippen LogP contribution < -0.4 is 14.8 Å². The fraction of sp³-hybridized carbons (Fsp3) is 0.348. The smallest absolute Gasteiger partial charge is 0.322 e. The van der Waals surface area contributed by atoms with Crippen LogP contribution in [0.1, 0.15) is 49.5 Å². The fourth-order valence-corrected chi connectivity index (χ4v) is 3.71. The van der Waals surface area contributed by atoms with Gasteiger partial charge in [0.25, 0.3) is 5.91 Å². The minimum atomic E-state index is -0.366. The summed E-state index contributed by atoms with van der Waals surface area (Å²) in [6.45, 7) is 9.07. The van der Waals surface area contributed by atoms with E-state index in [9.17, 15) is 4.79 Å². The van der Waals surface area contributed by atoms with Crippen LogP contribution in [0.25, 0.3) is 0 Å². The summed E-state index contributed by atoms with van der Waals surface area (Å²) in [6.07, 6.45) is 0.493. The third kappa shape index (κ3) is 6.49. The molecular formula is C23H27N3O4S. The highest BCUT2D eigenvalue weighted by molar-refractivity contribution is 7.99. The molecule has 0 atom stereocenters. The predicted octanol–water partition coefficient (Wildman–Crippen LogP) is 5.21. The number of aromatic nitrogens is 2. The van der Waals surface area contributed by atoms with E-state index in [1.807, 2.05) is 37.7 Å². The first-order chi connectivity index (χ1) is 15.0. The lowest BCUT2D eigenvalue weighted by Crippen LogP contribution is -2.12. The number of hydrogen-bond acceptors (Lipinski definition) is 7. The molecule has 1 amide bonds. The van der Waals surface area contributed by atoms with Crippen molar-refractivity contribution in [2.24, 2.45) is 0 Å². The van der Waals surface area contributed by atoms with Crippen molar-refractivity contribution in [3.05, 3.63) is 59.5 Å². The van der Waals surface area contributed by atoms with Crippen molar-refractivity contribution < 1.29 is 18.7 Å². The van der Waals surface area contributed by atoms with Gasteiger partial charge in [-0.3, -0.25) is 10.1 Å². The maximum atomic E-state index is 12.6. The number of benzene rings is 2. The molecule has 31 heavy (non-hydrogen) atoms. The summed E-state index contributed by atoms with van der Waals surface area (Å²) >= 11 is 1.81. The van der Waals surface area contributed by atoms with Crippen molar-refractivity contribution in [1.29, 1.82) is 0 Å². The Kier molecular flexibility index (Phi) is 7.94. The third-order valence-corrected chi connectivity index (χ3v) is 5.16. The van der Waals surface area contributed by atoms with Crippen molar-refractivity contribution >= 4 is 23.7 Å². The molecule has 7 nitrogen and oxygen atoms in total. The van der Waals surface area contributed by atoms with E-state index in [2.05, 4.69) is 41.5 Å². The second kappa shape index (κ2) is 10.9. The van der Waals surface area contributed by atoms with E-state index in [4.69, 9.17) is 13.9 Å². The zero-order chi connectivity index (χ0) is 22.2. The standard InChI is InChI=1S/C23H27N3O4S/c1-5-28-19-12-9-17(14-20(19)29-6-2)22(27)24-23-26-25-21(30-23)13-16-7-10-18(11-8-16)31-15(3)4/h7-12,14-15H,5-6,13H2,1-4H3,(H,24,26,27).